The summed E-state index contributed by atoms with van der Waals surface area (Å²) in [6, 6.07) is 3.76. The molecule has 0 atom stereocenters. The molecular weight excluding hydrogens is 248 g/mol. The maximum Gasteiger partial charge on any atom is 0.271 e. The summed E-state index contributed by atoms with van der Waals surface area (Å²) in [6.45, 7) is 3.24. The first kappa shape index (κ1) is 12.5. The minimum atomic E-state index is -0.167. The van der Waals surface area contributed by atoms with Crippen molar-refractivity contribution in [2.24, 2.45) is 0 Å². The van der Waals surface area contributed by atoms with Crippen LogP contribution < -0.4 is 10.6 Å². The van der Waals surface area contributed by atoms with Crippen LogP contribution in [-0.2, 0) is 6.54 Å². The normalized spacial score (nSPS) is 10.1. The highest BCUT2D eigenvalue weighted by atomic mass is 32.1. The number of rotatable bonds is 5. The Bertz CT molecular complexity index is 512. The largest absolute Gasteiger partial charge is 0.362 e. The molecule has 0 aliphatic carbocycles. The molecule has 0 saturated heterocycles. The molecule has 0 saturated carbocycles. The number of nitrogens with one attached hydrogen (secondary N) is 2. The fourth-order valence-corrected chi connectivity index (χ4v) is 2.15. The van der Waals surface area contributed by atoms with Gasteiger partial charge in [0.05, 0.1) is 0 Å². The Morgan fingerprint density at radius 2 is 2.39 bits per heavy atom. The number of amides is 1. The van der Waals surface area contributed by atoms with Crippen LogP contribution in [-0.4, -0.2) is 22.4 Å². The van der Waals surface area contributed by atoms with Crippen LogP contribution in [0.5, 0.6) is 0 Å². The first-order valence-corrected chi connectivity index (χ1v) is 6.54. The molecule has 0 bridgehead atoms. The van der Waals surface area contributed by atoms with Crippen LogP contribution >= 0.6 is 11.3 Å². The lowest BCUT2D eigenvalue weighted by Crippen LogP contribution is -2.23. The lowest BCUT2D eigenvalue weighted by Gasteiger charge is -2.02. The van der Waals surface area contributed by atoms with Gasteiger partial charge in [0.1, 0.15) is 5.69 Å². The second kappa shape index (κ2) is 6.11. The van der Waals surface area contributed by atoms with Crippen molar-refractivity contribution < 1.29 is 4.79 Å². The Morgan fingerprint density at radius 1 is 1.50 bits per heavy atom. The lowest BCUT2D eigenvalue weighted by molar-refractivity contribution is 0.0946. The van der Waals surface area contributed by atoms with Gasteiger partial charge in [0.15, 0.2) is 5.13 Å². The lowest BCUT2D eigenvalue weighted by atomic mass is 10.3. The third-order valence-electron chi connectivity index (χ3n) is 2.24. The summed E-state index contributed by atoms with van der Waals surface area (Å²) in [7, 11) is 0. The average Bonchev–Trinajstić information content (AvgIpc) is 2.86. The molecule has 0 fully saturated rings. The van der Waals surface area contributed by atoms with Crippen molar-refractivity contribution in [2.45, 2.75) is 13.5 Å². The zero-order valence-corrected chi connectivity index (χ0v) is 10.8. The van der Waals surface area contributed by atoms with E-state index in [0.717, 1.165) is 17.2 Å². The Balaban J connectivity index is 1.91. The van der Waals surface area contributed by atoms with Gasteiger partial charge in [0.2, 0.25) is 0 Å². The van der Waals surface area contributed by atoms with Crippen molar-refractivity contribution in [3.63, 3.8) is 0 Å². The monoisotopic (exact) mass is 262 g/mol. The maximum absolute atomic E-state index is 11.8. The summed E-state index contributed by atoms with van der Waals surface area (Å²) >= 11 is 1.43. The van der Waals surface area contributed by atoms with Gasteiger partial charge < -0.3 is 10.6 Å². The van der Waals surface area contributed by atoms with Gasteiger partial charge in [-0.2, -0.15) is 0 Å². The molecule has 5 nitrogen and oxygen atoms in total. The zero-order valence-electron chi connectivity index (χ0n) is 10.0. The number of hydrogen-bond donors (Lipinski definition) is 2. The van der Waals surface area contributed by atoms with Crippen molar-refractivity contribution in [3.05, 3.63) is 41.2 Å². The molecule has 94 valence electrons. The third-order valence-corrected chi connectivity index (χ3v) is 3.04. The number of pyridine rings is 1. The van der Waals surface area contributed by atoms with Crippen molar-refractivity contribution in [3.8, 4) is 0 Å². The standard InChI is InChI=1S/C12H14N4OS/c1-2-14-12-16-10(8-18-12)11(17)15-7-9-4-3-5-13-6-9/h3-6,8H,2,7H2,1H3,(H,14,16)(H,15,17). The number of carbonyl (C=O) groups excluding carboxylic acids is 1. The number of hydrogen-bond acceptors (Lipinski definition) is 5. The van der Waals surface area contributed by atoms with Crippen LogP contribution in [0.1, 0.15) is 23.0 Å². The SMILES string of the molecule is CCNc1nc(C(=O)NCc2cccnc2)cs1. The van der Waals surface area contributed by atoms with Gasteiger partial charge in [0.25, 0.3) is 5.91 Å². The van der Waals surface area contributed by atoms with Crippen LogP contribution in [0.15, 0.2) is 29.9 Å². The van der Waals surface area contributed by atoms with E-state index in [4.69, 9.17) is 0 Å². The van der Waals surface area contributed by atoms with Crippen LogP contribution in [0, 0.1) is 0 Å². The second-order valence-corrected chi connectivity index (χ2v) is 4.47. The van der Waals surface area contributed by atoms with E-state index >= 15 is 0 Å². The Labute approximate surface area is 109 Å². The van der Waals surface area contributed by atoms with Crippen molar-refractivity contribution in [1.82, 2.24) is 15.3 Å². The van der Waals surface area contributed by atoms with Crippen LogP contribution in [0.25, 0.3) is 0 Å². The molecule has 0 aliphatic rings. The van der Waals surface area contributed by atoms with Crippen LogP contribution in [0.2, 0.25) is 0 Å². The Kier molecular flexibility index (Phi) is 4.25. The van der Waals surface area contributed by atoms with E-state index in [0.29, 0.717) is 12.2 Å². The molecule has 2 heterocycles. The zero-order chi connectivity index (χ0) is 12.8. The molecule has 18 heavy (non-hydrogen) atoms. The van der Waals surface area contributed by atoms with Crippen molar-refractivity contribution in [2.75, 3.05) is 11.9 Å². The van der Waals surface area contributed by atoms with E-state index in [9.17, 15) is 4.79 Å². The number of carbonyl (C=O) groups is 1. The second-order valence-electron chi connectivity index (χ2n) is 3.61. The topological polar surface area (TPSA) is 66.9 Å². The molecule has 2 N–H and O–H groups in total. The van der Waals surface area contributed by atoms with Crippen molar-refractivity contribution in [1.29, 1.82) is 0 Å². The van der Waals surface area contributed by atoms with E-state index in [1.54, 1.807) is 17.8 Å². The Hall–Kier alpha value is -1.95. The Morgan fingerprint density at radius 3 is 3.11 bits per heavy atom. The number of thiazole rings is 1. The van der Waals surface area contributed by atoms with Gasteiger partial charge in [-0.1, -0.05) is 6.07 Å². The van der Waals surface area contributed by atoms with E-state index in [1.807, 2.05) is 19.1 Å². The fourth-order valence-electron chi connectivity index (χ4n) is 1.39. The molecule has 0 radical (unpaired) electrons. The summed E-state index contributed by atoms with van der Waals surface area (Å²) in [4.78, 5) is 20.0. The molecular formula is C12H14N4OS. The van der Waals surface area contributed by atoms with Gasteiger partial charge in [-0.3, -0.25) is 9.78 Å². The maximum atomic E-state index is 11.8. The third kappa shape index (κ3) is 3.27. The molecule has 1 amide bonds. The quantitative estimate of drug-likeness (QED) is 0.863. The van der Waals surface area contributed by atoms with Gasteiger partial charge in [0, 0.05) is 30.9 Å². The van der Waals surface area contributed by atoms with Crippen LogP contribution in [0.4, 0.5) is 5.13 Å². The van der Waals surface area contributed by atoms with Crippen LogP contribution in [0.3, 0.4) is 0 Å². The highest BCUT2D eigenvalue weighted by molar-refractivity contribution is 7.13. The molecule has 0 spiro atoms. The van der Waals surface area contributed by atoms with Gasteiger partial charge in [-0.25, -0.2) is 4.98 Å². The summed E-state index contributed by atoms with van der Waals surface area (Å²) in [5.41, 5.74) is 1.41. The number of aromatic nitrogens is 2. The highest BCUT2D eigenvalue weighted by Crippen LogP contribution is 2.14. The number of anilines is 1. The summed E-state index contributed by atoms with van der Waals surface area (Å²) < 4.78 is 0. The molecule has 2 aromatic heterocycles. The van der Waals surface area contributed by atoms with E-state index in [2.05, 4.69) is 20.6 Å². The van der Waals surface area contributed by atoms with Gasteiger partial charge in [-0.15, -0.1) is 11.3 Å². The van der Waals surface area contributed by atoms with E-state index < -0.39 is 0 Å². The predicted octanol–water partition coefficient (Wildman–Crippen LogP) is 1.90. The molecule has 6 heteroatoms. The molecule has 2 rings (SSSR count). The average molecular weight is 262 g/mol. The minimum absolute atomic E-state index is 0.167. The molecule has 0 aromatic carbocycles. The predicted molar refractivity (Wildman–Crippen MR) is 71.7 cm³/mol. The first-order valence-electron chi connectivity index (χ1n) is 5.66. The van der Waals surface area contributed by atoms with E-state index in [-0.39, 0.29) is 5.91 Å². The smallest absolute Gasteiger partial charge is 0.271 e. The van der Waals surface area contributed by atoms with Crippen molar-refractivity contribution >= 4 is 22.4 Å². The van der Waals surface area contributed by atoms with Gasteiger partial charge >= 0.3 is 0 Å². The molecule has 2 aromatic rings. The highest BCUT2D eigenvalue weighted by Gasteiger charge is 2.09. The number of nitrogens with zero attached hydrogens (tertiary/aromatic N) is 2. The molecule has 0 unspecified atom stereocenters. The summed E-state index contributed by atoms with van der Waals surface area (Å²) in [5.74, 6) is -0.167. The van der Waals surface area contributed by atoms with E-state index in [1.165, 1.54) is 11.3 Å². The summed E-state index contributed by atoms with van der Waals surface area (Å²) in [5, 5.41) is 8.40. The first-order chi connectivity index (χ1) is 8.79. The fraction of sp³-hybridized carbons (Fsp3) is 0.250. The summed E-state index contributed by atoms with van der Waals surface area (Å²) in [6.07, 6.45) is 3.43. The molecule has 0 aliphatic heterocycles. The minimum Gasteiger partial charge on any atom is -0.362 e. The van der Waals surface area contributed by atoms with Gasteiger partial charge in [-0.05, 0) is 18.6 Å².